The highest BCUT2D eigenvalue weighted by molar-refractivity contribution is 5.85. The number of nitrogens with two attached hydrogens (primary N) is 1. The highest BCUT2D eigenvalue weighted by Gasteiger charge is 2.12. The van der Waals surface area contributed by atoms with Crippen molar-refractivity contribution in [2.75, 3.05) is 13.1 Å². The van der Waals surface area contributed by atoms with Gasteiger partial charge >= 0.3 is 0 Å². The lowest BCUT2D eigenvalue weighted by molar-refractivity contribution is 0.264. The lowest BCUT2D eigenvalue weighted by Crippen LogP contribution is -2.28. The Hall–Kier alpha value is -1.36. The van der Waals surface area contributed by atoms with Gasteiger partial charge in [0.15, 0.2) is 0 Å². The van der Waals surface area contributed by atoms with Crippen LogP contribution in [0.25, 0.3) is 0 Å². The molecule has 2 aromatic rings. The normalized spacial score (nSPS) is 11.0. The maximum atomic E-state index is 5.77. The Morgan fingerprint density at radius 3 is 2.41 bits per heavy atom. The zero-order valence-electron chi connectivity index (χ0n) is 13.7. The van der Waals surface area contributed by atoms with Crippen molar-refractivity contribution in [3.8, 4) is 0 Å². The van der Waals surface area contributed by atoms with Gasteiger partial charge in [0.05, 0.1) is 5.69 Å². The molecule has 122 valence electrons. The van der Waals surface area contributed by atoms with Crippen molar-refractivity contribution in [1.29, 1.82) is 0 Å². The lowest BCUT2D eigenvalue weighted by atomic mass is 10.2. The topological polar surface area (TPSA) is 47.1 Å². The molecular formula is C17H27ClN4. The molecule has 1 aromatic carbocycles. The maximum absolute atomic E-state index is 5.77. The standard InChI is InChI=1S/C17H26N4.ClH/c1-14(2)21-13-17(15(3)19-21)12-20(10-9-18)11-16-7-5-4-6-8-16;/h4-8,13-14H,9-12,18H2,1-3H3;1H. The predicted molar refractivity (Wildman–Crippen MR) is 94.2 cm³/mol. The molecule has 2 rings (SSSR count). The van der Waals surface area contributed by atoms with Gasteiger partial charge in [0.2, 0.25) is 0 Å². The van der Waals surface area contributed by atoms with Gasteiger partial charge in [-0.05, 0) is 26.3 Å². The molecule has 0 amide bonds. The van der Waals surface area contributed by atoms with Crippen LogP contribution in [0.2, 0.25) is 0 Å². The van der Waals surface area contributed by atoms with E-state index < -0.39 is 0 Å². The second-order valence-electron chi connectivity index (χ2n) is 5.80. The molecule has 4 nitrogen and oxygen atoms in total. The molecule has 0 aliphatic rings. The molecule has 22 heavy (non-hydrogen) atoms. The Labute approximate surface area is 139 Å². The molecule has 0 saturated carbocycles. The van der Waals surface area contributed by atoms with Crippen molar-refractivity contribution in [1.82, 2.24) is 14.7 Å². The number of benzene rings is 1. The van der Waals surface area contributed by atoms with Crippen molar-refractivity contribution in [3.63, 3.8) is 0 Å². The van der Waals surface area contributed by atoms with Gasteiger partial charge in [0.25, 0.3) is 0 Å². The molecule has 0 fully saturated rings. The SMILES string of the molecule is Cc1nn(C(C)C)cc1CN(CCN)Cc1ccccc1.Cl. The van der Waals surface area contributed by atoms with Crippen LogP contribution in [0.5, 0.6) is 0 Å². The van der Waals surface area contributed by atoms with Crippen LogP contribution < -0.4 is 5.73 Å². The monoisotopic (exact) mass is 322 g/mol. The first-order valence-corrected chi connectivity index (χ1v) is 7.61. The quantitative estimate of drug-likeness (QED) is 0.851. The van der Waals surface area contributed by atoms with E-state index in [2.05, 4.69) is 61.2 Å². The van der Waals surface area contributed by atoms with E-state index in [1.165, 1.54) is 11.1 Å². The van der Waals surface area contributed by atoms with Gasteiger partial charge in [-0.15, -0.1) is 12.4 Å². The summed E-state index contributed by atoms with van der Waals surface area (Å²) in [6.07, 6.45) is 2.16. The van der Waals surface area contributed by atoms with Crippen LogP contribution >= 0.6 is 12.4 Å². The molecule has 2 N–H and O–H groups in total. The van der Waals surface area contributed by atoms with Crippen molar-refractivity contribution in [2.45, 2.75) is 39.9 Å². The number of hydrogen-bond donors (Lipinski definition) is 1. The Bertz CT molecular complexity index is 551. The summed E-state index contributed by atoms with van der Waals surface area (Å²) in [5.74, 6) is 0. The third-order valence-corrected chi connectivity index (χ3v) is 3.64. The van der Waals surface area contributed by atoms with Gasteiger partial charge in [0, 0.05) is 44.0 Å². The predicted octanol–water partition coefficient (Wildman–Crippen LogP) is 3.16. The number of halogens is 1. The van der Waals surface area contributed by atoms with Gasteiger partial charge in [-0.25, -0.2) is 0 Å². The summed E-state index contributed by atoms with van der Waals surface area (Å²) in [5, 5.41) is 4.59. The van der Waals surface area contributed by atoms with Crippen LogP contribution in [0.1, 0.15) is 36.7 Å². The molecule has 0 unspecified atom stereocenters. The first-order valence-electron chi connectivity index (χ1n) is 7.61. The van der Waals surface area contributed by atoms with Gasteiger partial charge < -0.3 is 5.73 Å². The lowest BCUT2D eigenvalue weighted by Gasteiger charge is -2.21. The van der Waals surface area contributed by atoms with Crippen LogP contribution in [0, 0.1) is 6.92 Å². The highest BCUT2D eigenvalue weighted by Crippen LogP contribution is 2.14. The molecule has 0 spiro atoms. The summed E-state index contributed by atoms with van der Waals surface area (Å²) in [7, 11) is 0. The molecule has 0 radical (unpaired) electrons. The summed E-state index contributed by atoms with van der Waals surface area (Å²) in [4.78, 5) is 2.38. The van der Waals surface area contributed by atoms with Gasteiger partial charge in [0.1, 0.15) is 0 Å². The van der Waals surface area contributed by atoms with Crippen molar-refractivity contribution in [2.24, 2.45) is 5.73 Å². The van der Waals surface area contributed by atoms with E-state index in [-0.39, 0.29) is 12.4 Å². The number of aryl methyl sites for hydroxylation is 1. The van der Waals surface area contributed by atoms with Crippen LogP contribution in [0.15, 0.2) is 36.5 Å². The first-order chi connectivity index (χ1) is 10.1. The molecular weight excluding hydrogens is 296 g/mol. The fraction of sp³-hybridized carbons (Fsp3) is 0.471. The number of rotatable bonds is 7. The summed E-state index contributed by atoms with van der Waals surface area (Å²) in [6, 6.07) is 10.9. The fourth-order valence-corrected chi connectivity index (χ4v) is 2.42. The second-order valence-corrected chi connectivity index (χ2v) is 5.80. The largest absolute Gasteiger partial charge is 0.329 e. The minimum absolute atomic E-state index is 0. The minimum Gasteiger partial charge on any atom is -0.329 e. The zero-order chi connectivity index (χ0) is 15.2. The van der Waals surface area contributed by atoms with E-state index in [9.17, 15) is 0 Å². The third kappa shape index (κ3) is 5.13. The number of nitrogens with zero attached hydrogens (tertiary/aromatic N) is 3. The van der Waals surface area contributed by atoms with E-state index in [0.717, 1.165) is 25.3 Å². The highest BCUT2D eigenvalue weighted by atomic mass is 35.5. The average Bonchev–Trinajstić information content (AvgIpc) is 2.82. The minimum atomic E-state index is 0. The maximum Gasteiger partial charge on any atom is 0.0638 e. The Morgan fingerprint density at radius 1 is 1.18 bits per heavy atom. The smallest absolute Gasteiger partial charge is 0.0638 e. The van der Waals surface area contributed by atoms with Gasteiger partial charge in [-0.2, -0.15) is 5.10 Å². The van der Waals surface area contributed by atoms with Crippen LogP contribution in [0.4, 0.5) is 0 Å². The van der Waals surface area contributed by atoms with E-state index in [1.807, 2.05) is 10.7 Å². The number of aromatic nitrogens is 2. The molecule has 1 aromatic heterocycles. The average molecular weight is 323 g/mol. The van der Waals surface area contributed by atoms with Crippen molar-refractivity contribution >= 4 is 12.4 Å². The molecule has 0 atom stereocenters. The zero-order valence-corrected chi connectivity index (χ0v) is 14.5. The Morgan fingerprint density at radius 2 is 1.86 bits per heavy atom. The Balaban J connectivity index is 0.00000242. The van der Waals surface area contributed by atoms with E-state index in [1.54, 1.807) is 0 Å². The summed E-state index contributed by atoms with van der Waals surface area (Å²) in [6.45, 7) is 9.76. The third-order valence-electron chi connectivity index (χ3n) is 3.64. The summed E-state index contributed by atoms with van der Waals surface area (Å²) in [5.41, 5.74) is 9.48. The van der Waals surface area contributed by atoms with Gasteiger partial charge in [-0.3, -0.25) is 9.58 Å². The van der Waals surface area contributed by atoms with Crippen LogP contribution in [0.3, 0.4) is 0 Å². The molecule has 0 aliphatic heterocycles. The first kappa shape index (κ1) is 18.7. The summed E-state index contributed by atoms with van der Waals surface area (Å²) >= 11 is 0. The molecule has 0 saturated heterocycles. The summed E-state index contributed by atoms with van der Waals surface area (Å²) < 4.78 is 2.04. The van der Waals surface area contributed by atoms with Crippen LogP contribution in [-0.2, 0) is 13.1 Å². The van der Waals surface area contributed by atoms with Crippen molar-refractivity contribution in [3.05, 3.63) is 53.3 Å². The van der Waals surface area contributed by atoms with Crippen molar-refractivity contribution < 1.29 is 0 Å². The van der Waals surface area contributed by atoms with E-state index in [4.69, 9.17) is 5.73 Å². The van der Waals surface area contributed by atoms with Gasteiger partial charge in [-0.1, -0.05) is 30.3 Å². The van der Waals surface area contributed by atoms with E-state index >= 15 is 0 Å². The van der Waals surface area contributed by atoms with E-state index in [0.29, 0.717) is 12.6 Å². The molecule has 0 aliphatic carbocycles. The molecule has 0 bridgehead atoms. The fourth-order valence-electron chi connectivity index (χ4n) is 2.42. The van der Waals surface area contributed by atoms with Crippen LogP contribution in [-0.4, -0.2) is 27.8 Å². The molecule has 1 heterocycles. The Kier molecular flexibility index (Phi) is 7.59. The number of hydrogen-bond acceptors (Lipinski definition) is 3. The second kappa shape index (κ2) is 8.93. The molecule has 5 heteroatoms.